The van der Waals surface area contributed by atoms with Gasteiger partial charge in [-0.2, -0.15) is 0 Å². The number of furan rings is 1. The molecule has 1 heterocycles. The van der Waals surface area contributed by atoms with Crippen LogP contribution in [0.25, 0.3) is 0 Å². The molecule has 0 spiro atoms. The van der Waals surface area contributed by atoms with Crippen LogP contribution in [0.5, 0.6) is 0 Å². The van der Waals surface area contributed by atoms with Crippen molar-refractivity contribution in [1.29, 1.82) is 0 Å². The molecule has 17 heavy (non-hydrogen) atoms. The molecule has 0 aromatic carbocycles. The van der Waals surface area contributed by atoms with E-state index in [1.54, 1.807) is 6.26 Å². The van der Waals surface area contributed by atoms with Crippen LogP contribution < -0.4 is 5.73 Å². The number of rotatable bonds is 8. The second kappa shape index (κ2) is 7.51. The summed E-state index contributed by atoms with van der Waals surface area (Å²) < 4.78 is 5.50. The smallest absolute Gasteiger partial charge is 0.122 e. The highest BCUT2D eigenvalue weighted by Crippen LogP contribution is 2.22. The van der Waals surface area contributed by atoms with E-state index in [0.717, 1.165) is 24.8 Å². The third-order valence-corrected chi connectivity index (χ3v) is 3.59. The van der Waals surface area contributed by atoms with Gasteiger partial charge in [-0.25, -0.2) is 0 Å². The minimum Gasteiger partial charge on any atom is -0.468 e. The van der Waals surface area contributed by atoms with E-state index in [2.05, 4.69) is 25.7 Å². The van der Waals surface area contributed by atoms with Gasteiger partial charge in [-0.05, 0) is 24.6 Å². The summed E-state index contributed by atoms with van der Waals surface area (Å²) in [4.78, 5) is 2.43. The van der Waals surface area contributed by atoms with Crippen LogP contribution in [0.3, 0.4) is 0 Å². The van der Waals surface area contributed by atoms with Crippen molar-refractivity contribution in [3.8, 4) is 0 Å². The molecule has 0 bridgehead atoms. The minimum atomic E-state index is 0.218. The molecule has 0 aliphatic carbocycles. The maximum Gasteiger partial charge on any atom is 0.122 e. The molecule has 0 saturated carbocycles. The number of likely N-dealkylation sites (N-methyl/N-ethyl adjacent to an activating group) is 1. The zero-order valence-corrected chi connectivity index (χ0v) is 11.4. The molecule has 3 nitrogen and oxygen atoms in total. The SMILES string of the molecule is CCC(CC)CN(CC)C(CN)c1ccco1. The summed E-state index contributed by atoms with van der Waals surface area (Å²) in [5.74, 6) is 1.74. The molecule has 0 amide bonds. The first-order chi connectivity index (χ1) is 8.26. The summed E-state index contributed by atoms with van der Waals surface area (Å²) in [6.45, 7) is 9.43. The molecule has 0 fully saturated rings. The maximum absolute atomic E-state index is 5.90. The summed E-state index contributed by atoms with van der Waals surface area (Å²) in [6.07, 6.45) is 4.17. The third-order valence-electron chi connectivity index (χ3n) is 3.59. The van der Waals surface area contributed by atoms with Crippen molar-refractivity contribution in [3.63, 3.8) is 0 Å². The van der Waals surface area contributed by atoms with Crippen LogP contribution in [-0.2, 0) is 0 Å². The molecule has 1 unspecified atom stereocenters. The first kappa shape index (κ1) is 14.3. The van der Waals surface area contributed by atoms with Crippen molar-refractivity contribution in [2.24, 2.45) is 11.7 Å². The Hall–Kier alpha value is -0.800. The van der Waals surface area contributed by atoms with Gasteiger partial charge >= 0.3 is 0 Å². The van der Waals surface area contributed by atoms with Gasteiger partial charge in [0.1, 0.15) is 5.76 Å². The van der Waals surface area contributed by atoms with Gasteiger partial charge in [-0.3, -0.25) is 4.90 Å². The van der Waals surface area contributed by atoms with Gasteiger partial charge in [0.2, 0.25) is 0 Å². The Kier molecular flexibility index (Phi) is 6.30. The molecule has 1 aromatic rings. The number of nitrogens with zero attached hydrogens (tertiary/aromatic N) is 1. The summed E-state index contributed by atoms with van der Waals surface area (Å²) >= 11 is 0. The van der Waals surface area contributed by atoms with Crippen LogP contribution in [0.4, 0.5) is 0 Å². The first-order valence-electron chi connectivity index (χ1n) is 6.74. The largest absolute Gasteiger partial charge is 0.468 e. The lowest BCUT2D eigenvalue weighted by Gasteiger charge is -2.31. The van der Waals surface area contributed by atoms with E-state index in [0.29, 0.717) is 6.54 Å². The Labute approximate surface area is 105 Å². The van der Waals surface area contributed by atoms with Crippen molar-refractivity contribution in [1.82, 2.24) is 4.90 Å². The van der Waals surface area contributed by atoms with Crippen molar-refractivity contribution < 1.29 is 4.42 Å². The Bertz CT molecular complexity index is 280. The second-order valence-corrected chi connectivity index (χ2v) is 4.54. The number of hydrogen-bond donors (Lipinski definition) is 1. The van der Waals surface area contributed by atoms with Crippen molar-refractivity contribution >= 4 is 0 Å². The summed E-state index contributed by atoms with van der Waals surface area (Å²) in [5.41, 5.74) is 5.90. The molecule has 1 rings (SSSR count). The average molecular weight is 238 g/mol. The van der Waals surface area contributed by atoms with Crippen molar-refractivity contribution in [2.75, 3.05) is 19.6 Å². The molecule has 3 heteroatoms. The molecular weight excluding hydrogens is 212 g/mol. The maximum atomic E-state index is 5.90. The predicted octanol–water partition coefficient (Wildman–Crippen LogP) is 3.04. The molecule has 98 valence electrons. The lowest BCUT2D eigenvalue weighted by Crippen LogP contribution is -2.36. The summed E-state index contributed by atoms with van der Waals surface area (Å²) in [5, 5.41) is 0. The third kappa shape index (κ3) is 3.86. The van der Waals surface area contributed by atoms with E-state index in [-0.39, 0.29) is 6.04 Å². The molecule has 0 aliphatic rings. The molecule has 0 aliphatic heterocycles. The lowest BCUT2D eigenvalue weighted by molar-refractivity contribution is 0.156. The zero-order valence-electron chi connectivity index (χ0n) is 11.4. The Morgan fingerprint density at radius 3 is 2.41 bits per heavy atom. The highest BCUT2D eigenvalue weighted by molar-refractivity contribution is 5.05. The Balaban J connectivity index is 2.70. The van der Waals surface area contributed by atoms with E-state index >= 15 is 0 Å². The van der Waals surface area contributed by atoms with Crippen LogP contribution >= 0.6 is 0 Å². The van der Waals surface area contributed by atoms with E-state index in [9.17, 15) is 0 Å². The normalized spacial score (nSPS) is 13.5. The molecule has 1 aromatic heterocycles. The number of nitrogens with two attached hydrogens (primary N) is 1. The van der Waals surface area contributed by atoms with Crippen molar-refractivity contribution in [2.45, 2.75) is 39.7 Å². The standard InChI is InChI=1S/C14H26N2O/c1-4-12(5-2)11-16(6-3)13(10-15)14-8-7-9-17-14/h7-9,12-13H,4-6,10-11,15H2,1-3H3. The average Bonchev–Trinajstić information content (AvgIpc) is 2.88. The summed E-state index contributed by atoms with van der Waals surface area (Å²) in [7, 11) is 0. The predicted molar refractivity (Wildman–Crippen MR) is 71.8 cm³/mol. The fourth-order valence-electron chi connectivity index (χ4n) is 2.28. The Morgan fingerprint density at radius 2 is 2.00 bits per heavy atom. The van der Waals surface area contributed by atoms with Crippen LogP contribution in [-0.4, -0.2) is 24.5 Å². The van der Waals surface area contributed by atoms with Gasteiger partial charge in [0.05, 0.1) is 12.3 Å². The van der Waals surface area contributed by atoms with Crippen molar-refractivity contribution in [3.05, 3.63) is 24.2 Å². The zero-order chi connectivity index (χ0) is 12.7. The molecule has 1 atom stereocenters. The highest BCUT2D eigenvalue weighted by Gasteiger charge is 2.21. The van der Waals surface area contributed by atoms with Gasteiger partial charge in [-0.15, -0.1) is 0 Å². The minimum absolute atomic E-state index is 0.218. The Morgan fingerprint density at radius 1 is 1.29 bits per heavy atom. The van der Waals surface area contributed by atoms with Gasteiger partial charge in [-0.1, -0.05) is 33.6 Å². The van der Waals surface area contributed by atoms with Crippen LogP contribution in [0, 0.1) is 5.92 Å². The van der Waals surface area contributed by atoms with Gasteiger partial charge in [0, 0.05) is 13.1 Å². The number of hydrogen-bond acceptors (Lipinski definition) is 3. The monoisotopic (exact) mass is 238 g/mol. The fourth-order valence-corrected chi connectivity index (χ4v) is 2.28. The fraction of sp³-hybridized carbons (Fsp3) is 0.714. The van der Waals surface area contributed by atoms with Crippen LogP contribution in [0.2, 0.25) is 0 Å². The van der Waals surface area contributed by atoms with Gasteiger partial charge in [0.25, 0.3) is 0 Å². The molecular formula is C14H26N2O. The highest BCUT2D eigenvalue weighted by atomic mass is 16.3. The summed E-state index contributed by atoms with van der Waals surface area (Å²) in [6, 6.07) is 4.17. The topological polar surface area (TPSA) is 42.4 Å². The quantitative estimate of drug-likeness (QED) is 0.757. The van der Waals surface area contributed by atoms with Gasteiger partial charge < -0.3 is 10.2 Å². The molecule has 0 radical (unpaired) electrons. The first-order valence-corrected chi connectivity index (χ1v) is 6.74. The van der Waals surface area contributed by atoms with E-state index in [4.69, 9.17) is 10.2 Å². The van der Waals surface area contributed by atoms with E-state index < -0.39 is 0 Å². The van der Waals surface area contributed by atoms with E-state index in [1.165, 1.54) is 12.8 Å². The van der Waals surface area contributed by atoms with Gasteiger partial charge in [0.15, 0.2) is 0 Å². The lowest BCUT2D eigenvalue weighted by atomic mass is 10.0. The molecule has 0 saturated heterocycles. The van der Waals surface area contributed by atoms with Crippen LogP contribution in [0.1, 0.15) is 45.4 Å². The van der Waals surface area contributed by atoms with Crippen LogP contribution in [0.15, 0.2) is 22.8 Å². The molecule has 2 N–H and O–H groups in total. The second-order valence-electron chi connectivity index (χ2n) is 4.54. The van der Waals surface area contributed by atoms with E-state index in [1.807, 2.05) is 12.1 Å².